The van der Waals surface area contributed by atoms with E-state index in [9.17, 15) is 9.90 Å². The van der Waals surface area contributed by atoms with Crippen LogP contribution < -0.4 is 5.73 Å². The number of unbranched alkanes of at least 4 members (excludes halogenated alkanes) is 1. The van der Waals surface area contributed by atoms with Gasteiger partial charge < -0.3 is 25.4 Å². The highest BCUT2D eigenvalue weighted by Gasteiger charge is 2.45. The Bertz CT molecular complexity index is 687. The zero-order valence-electron chi connectivity index (χ0n) is 17.5. The van der Waals surface area contributed by atoms with Gasteiger partial charge in [0.2, 0.25) is 0 Å². The van der Waals surface area contributed by atoms with Crippen LogP contribution >= 0.6 is 0 Å². The molecule has 4 N–H and O–H groups in total. The van der Waals surface area contributed by atoms with Gasteiger partial charge in [0.1, 0.15) is 0 Å². The summed E-state index contributed by atoms with van der Waals surface area (Å²) in [7, 11) is 0. The molecule has 1 aliphatic heterocycles. The number of hydrogen-bond acceptors (Lipinski definition) is 6. The van der Waals surface area contributed by atoms with Crippen LogP contribution in [-0.2, 0) is 20.9 Å². The maximum atomic E-state index is 10.8. The van der Waals surface area contributed by atoms with Gasteiger partial charge in [-0.2, -0.15) is 0 Å². The second-order valence-corrected chi connectivity index (χ2v) is 8.19. The summed E-state index contributed by atoms with van der Waals surface area (Å²) < 4.78 is 11.8. The van der Waals surface area contributed by atoms with Crippen LogP contribution in [0.4, 0.5) is 5.69 Å². The van der Waals surface area contributed by atoms with E-state index in [4.69, 9.17) is 20.3 Å². The summed E-state index contributed by atoms with van der Waals surface area (Å²) in [6.07, 6.45) is 6.73. The monoisotopic (exact) mass is 418 g/mol. The Morgan fingerprint density at radius 3 is 2.67 bits per heavy atom. The Hall–Kier alpha value is -1.93. The lowest BCUT2D eigenvalue weighted by Gasteiger charge is -2.37. The predicted octanol–water partition coefficient (Wildman–Crippen LogP) is 2.44. The van der Waals surface area contributed by atoms with E-state index in [0.29, 0.717) is 32.7 Å². The number of aliphatic hydroxyl groups excluding tert-OH is 1. The maximum Gasteiger partial charge on any atom is 0.303 e. The van der Waals surface area contributed by atoms with Crippen molar-refractivity contribution in [2.24, 2.45) is 5.92 Å². The average Bonchev–Trinajstić information content (AvgIpc) is 3.05. The summed E-state index contributed by atoms with van der Waals surface area (Å²) in [5, 5.41) is 19.6. The number of carboxylic acids is 1. The minimum absolute atomic E-state index is 0.0333. The van der Waals surface area contributed by atoms with Gasteiger partial charge in [-0.1, -0.05) is 24.3 Å². The fourth-order valence-corrected chi connectivity index (χ4v) is 4.49. The number of nitrogens with two attached hydrogens (primary N) is 1. The third-order valence-electron chi connectivity index (χ3n) is 6.03. The SMILES string of the molecule is Nc1ccc(CO[C@H]2C[C@@H](O)[C@H](N3CCOCC3)[C@H]2C/C=C\CCCC(=O)O)cc1. The maximum absolute atomic E-state index is 10.8. The number of ether oxygens (including phenoxy) is 2. The number of nitrogens with zero attached hydrogens (tertiary/aromatic N) is 1. The number of benzene rings is 1. The third-order valence-corrected chi connectivity index (χ3v) is 6.03. The molecule has 0 radical (unpaired) electrons. The summed E-state index contributed by atoms with van der Waals surface area (Å²) in [6.45, 7) is 3.53. The summed E-state index contributed by atoms with van der Waals surface area (Å²) in [5.41, 5.74) is 7.56. The first kappa shape index (κ1) is 22.7. The van der Waals surface area contributed by atoms with Gasteiger partial charge in [-0.15, -0.1) is 0 Å². The normalized spacial score (nSPS) is 27.6. The van der Waals surface area contributed by atoms with Gasteiger partial charge in [-0.05, 0) is 37.0 Å². The number of aliphatic carboxylic acids is 1. The quantitative estimate of drug-likeness (QED) is 0.304. The smallest absolute Gasteiger partial charge is 0.303 e. The van der Waals surface area contributed by atoms with Crippen molar-refractivity contribution in [3.63, 3.8) is 0 Å². The van der Waals surface area contributed by atoms with Crippen molar-refractivity contribution >= 4 is 11.7 Å². The van der Waals surface area contributed by atoms with E-state index in [0.717, 1.165) is 37.2 Å². The minimum atomic E-state index is -0.758. The molecule has 2 fully saturated rings. The number of aliphatic hydroxyl groups is 1. The number of rotatable bonds is 10. The van der Waals surface area contributed by atoms with Gasteiger partial charge in [0.15, 0.2) is 0 Å². The molecule has 1 aliphatic carbocycles. The molecule has 7 heteroatoms. The van der Waals surface area contributed by atoms with Crippen molar-refractivity contribution in [1.29, 1.82) is 0 Å². The van der Waals surface area contributed by atoms with Crippen LogP contribution in [0.15, 0.2) is 36.4 Å². The standard InChI is InChI=1S/C23H34N2O5/c24-18-9-7-17(8-10-18)16-30-21-15-20(26)23(25-11-13-29-14-12-25)19(21)5-3-1-2-4-6-22(27)28/h1,3,7-10,19-21,23,26H,2,4-6,11-16,24H2,(H,27,28)/b3-1-/t19-,20+,21-,23+/m0/s1. The van der Waals surface area contributed by atoms with Crippen molar-refractivity contribution in [1.82, 2.24) is 4.90 Å². The summed E-state index contributed by atoms with van der Waals surface area (Å²) >= 11 is 0. The topological polar surface area (TPSA) is 105 Å². The molecule has 1 saturated heterocycles. The average molecular weight is 419 g/mol. The Morgan fingerprint density at radius 1 is 1.23 bits per heavy atom. The number of hydrogen-bond donors (Lipinski definition) is 3. The van der Waals surface area contributed by atoms with Crippen LogP contribution in [0.1, 0.15) is 37.7 Å². The van der Waals surface area contributed by atoms with Gasteiger partial charge in [-0.3, -0.25) is 9.69 Å². The highest BCUT2D eigenvalue weighted by Crippen LogP contribution is 2.36. The molecule has 0 spiro atoms. The van der Waals surface area contributed by atoms with Crippen LogP contribution in [0.3, 0.4) is 0 Å². The largest absolute Gasteiger partial charge is 0.481 e. The van der Waals surface area contributed by atoms with Crippen molar-refractivity contribution in [3.05, 3.63) is 42.0 Å². The number of anilines is 1. The molecule has 0 bridgehead atoms. The van der Waals surface area contributed by atoms with Crippen molar-refractivity contribution in [2.75, 3.05) is 32.0 Å². The van der Waals surface area contributed by atoms with E-state index in [1.165, 1.54) is 0 Å². The number of allylic oxidation sites excluding steroid dienone is 2. The van der Waals surface area contributed by atoms with Gasteiger partial charge in [0.25, 0.3) is 0 Å². The summed E-state index contributed by atoms with van der Waals surface area (Å²) in [6, 6.07) is 7.73. The summed E-state index contributed by atoms with van der Waals surface area (Å²) in [4.78, 5) is 13.0. The second kappa shape index (κ2) is 11.5. The highest BCUT2D eigenvalue weighted by atomic mass is 16.5. The van der Waals surface area contributed by atoms with Crippen LogP contribution in [0.2, 0.25) is 0 Å². The minimum Gasteiger partial charge on any atom is -0.481 e. The van der Waals surface area contributed by atoms with E-state index < -0.39 is 12.1 Å². The molecule has 30 heavy (non-hydrogen) atoms. The second-order valence-electron chi connectivity index (χ2n) is 8.19. The Balaban J connectivity index is 1.62. The van der Waals surface area contributed by atoms with E-state index in [1.54, 1.807) is 0 Å². The number of morpholine rings is 1. The molecule has 2 aliphatic rings. The van der Waals surface area contributed by atoms with Crippen LogP contribution in [0, 0.1) is 5.92 Å². The van der Waals surface area contributed by atoms with Gasteiger partial charge in [0.05, 0.1) is 32.0 Å². The Labute approximate surface area is 178 Å². The fourth-order valence-electron chi connectivity index (χ4n) is 4.49. The lowest BCUT2D eigenvalue weighted by atomic mass is 9.94. The molecule has 1 saturated carbocycles. The zero-order chi connectivity index (χ0) is 21.3. The molecular weight excluding hydrogens is 384 g/mol. The van der Waals surface area contributed by atoms with Crippen LogP contribution in [-0.4, -0.2) is 65.6 Å². The first-order chi connectivity index (χ1) is 14.5. The first-order valence-corrected chi connectivity index (χ1v) is 10.9. The molecule has 166 valence electrons. The number of carbonyl (C=O) groups is 1. The molecule has 7 nitrogen and oxygen atoms in total. The van der Waals surface area contributed by atoms with Gasteiger partial charge in [-0.25, -0.2) is 0 Å². The lowest BCUT2D eigenvalue weighted by molar-refractivity contribution is -0.137. The third kappa shape index (κ3) is 6.54. The van der Waals surface area contributed by atoms with Gasteiger partial charge >= 0.3 is 5.97 Å². The predicted molar refractivity (Wildman–Crippen MR) is 115 cm³/mol. The molecule has 4 atom stereocenters. The number of nitrogen functional groups attached to an aromatic ring is 1. The van der Waals surface area contributed by atoms with Crippen LogP contribution in [0.5, 0.6) is 0 Å². The van der Waals surface area contributed by atoms with Gasteiger partial charge in [0, 0.05) is 43.6 Å². The molecule has 1 aromatic rings. The van der Waals surface area contributed by atoms with E-state index in [1.807, 2.05) is 24.3 Å². The van der Waals surface area contributed by atoms with Crippen LogP contribution in [0.25, 0.3) is 0 Å². The van der Waals surface area contributed by atoms with E-state index in [-0.39, 0.29) is 24.5 Å². The lowest BCUT2D eigenvalue weighted by Crippen LogP contribution is -2.50. The highest BCUT2D eigenvalue weighted by molar-refractivity contribution is 5.66. The molecule has 0 amide bonds. The molecule has 3 rings (SSSR count). The molecule has 1 aromatic carbocycles. The molecule has 0 unspecified atom stereocenters. The fraction of sp³-hybridized carbons (Fsp3) is 0.609. The first-order valence-electron chi connectivity index (χ1n) is 10.9. The van der Waals surface area contributed by atoms with E-state index >= 15 is 0 Å². The van der Waals surface area contributed by atoms with Crippen molar-refractivity contribution < 1.29 is 24.5 Å². The Kier molecular flexibility index (Phi) is 8.69. The van der Waals surface area contributed by atoms with Crippen molar-refractivity contribution in [2.45, 2.75) is 57.0 Å². The van der Waals surface area contributed by atoms with E-state index in [2.05, 4.69) is 17.1 Å². The molecule has 0 aromatic heterocycles. The zero-order valence-corrected chi connectivity index (χ0v) is 17.5. The number of carboxylic acid groups (broad SMARTS) is 1. The summed E-state index contributed by atoms with van der Waals surface area (Å²) in [5.74, 6) is -0.576. The van der Waals surface area contributed by atoms with Crippen molar-refractivity contribution in [3.8, 4) is 0 Å². The molecular formula is C23H34N2O5. The Morgan fingerprint density at radius 2 is 1.97 bits per heavy atom. The molecule has 1 heterocycles.